The van der Waals surface area contributed by atoms with Gasteiger partial charge in [-0.1, -0.05) is 20.8 Å². The largest absolute Gasteiger partial charge is 0.459 e. The lowest BCUT2D eigenvalue weighted by atomic mass is 9.52. The molecule has 6 bridgehead atoms. The summed E-state index contributed by atoms with van der Waals surface area (Å²) in [5, 5.41) is 10.6. The molecular formula is C47H76O12. The Labute approximate surface area is 353 Å². The van der Waals surface area contributed by atoms with Gasteiger partial charge in [-0.3, -0.25) is 24.0 Å². The molecule has 336 valence electrons. The Hall–Kier alpha value is -2.73. The van der Waals surface area contributed by atoms with Crippen molar-refractivity contribution in [1.82, 2.24) is 0 Å². The van der Waals surface area contributed by atoms with Gasteiger partial charge in [-0.15, -0.1) is 0 Å². The van der Waals surface area contributed by atoms with E-state index in [9.17, 15) is 29.1 Å². The molecule has 0 aromatic rings. The molecule has 0 spiro atoms. The summed E-state index contributed by atoms with van der Waals surface area (Å²) < 4.78 is 34.0. The number of carbonyl (C=O) groups excluding carboxylic acids is 5. The average molecular weight is 833 g/mol. The third-order valence-corrected chi connectivity index (χ3v) is 15.0. The molecule has 5 saturated carbocycles. The van der Waals surface area contributed by atoms with Crippen LogP contribution in [0.2, 0.25) is 0 Å². The third kappa shape index (κ3) is 9.99. The van der Waals surface area contributed by atoms with E-state index in [1.807, 2.05) is 90.0 Å². The first-order chi connectivity index (χ1) is 27.1. The third-order valence-electron chi connectivity index (χ3n) is 15.0. The fraction of sp³-hybridized carbons (Fsp3) is 0.894. The first kappa shape index (κ1) is 47.3. The van der Waals surface area contributed by atoms with Gasteiger partial charge in [0, 0.05) is 6.42 Å². The zero-order valence-corrected chi connectivity index (χ0v) is 38.5. The van der Waals surface area contributed by atoms with Crippen molar-refractivity contribution in [2.75, 3.05) is 0 Å². The van der Waals surface area contributed by atoms with Crippen molar-refractivity contribution in [2.24, 2.45) is 39.4 Å². The van der Waals surface area contributed by atoms with Crippen LogP contribution < -0.4 is 0 Å². The molecule has 1 N–H and O–H groups in total. The quantitative estimate of drug-likeness (QED) is 0.157. The molecule has 0 aromatic heterocycles. The molecule has 0 radical (unpaired) electrons. The highest BCUT2D eigenvalue weighted by Crippen LogP contribution is 2.59. The second-order valence-electron chi connectivity index (χ2n) is 22.2. The standard InChI is InChI=1S/C18H32O4.C16H26O3.C13H18O5/c1-8-17(6,7)15(20)22-18(11-9-10-12-18)13(2)21-14(19)16(3,4)5;1-4-14(2,3)13(17)19-16-8-11-5-12(9-16)7-15(18,6-11)10-16;1-4-13(2,3)12(15)18-9-7-5-6-8(16-7)10(9)17-11(6)14/h13H,8-12H2,1-7H3;11-12,18H,4-10H2,1-3H3;6-10H,4-5H2,1-3H3. The van der Waals surface area contributed by atoms with E-state index in [-0.39, 0.29) is 53.6 Å². The van der Waals surface area contributed by atoms with Crippen molar-refractivity contribution >= 4 is 29.8 Å². The normalized spacial score (nSPS) is 34.1. The molecule has 0 amide bonds. The molecular weight excluding hydrogens is 757 g/mol. The van der Waals surface area contributed by atoms with E-state index in [1.165, 1.54) is 6.42 Å². The maximum atomic E-state index is 12.5. The summed E-state index contributed by atoms with van der Waals surface area (Å²) in [5.74, 6) is -0.0126. The molecule has 59 heavy (non-hydrogen) atoms. The molecule has 8 fully saturated rings. The van der Waals surface area contributed by atoms with Crippen LogP contribution in [0.25, 0.3) is 0 Å². The van der Waals surface area contributed by atoms with Crippen LogP contribution >= 0.6 is 0 Å². The van der Waals surface area contributed by atoms with Crippen molar-refractivity contribution in [3.05, 3.63) is 0 Å². The van der Waals surface area contributed by atoms with Crippen LogP contribution in [0.5, 0.6) is 0 Å². The van der Waals surface area contributed by atoms with Crippen LogP contribution in [0.1, 0.15) is 180 Å². The van der Waals surface area contributed by atoms with Crippen molar-refractivity contribution in [2.45, 2.75) is 227 Å². The Kier molecular flexibility index (Phi) is 13.5. The number of aliphatic hydroxyl groups is 1. The van der Waals surface area contributed by atoms with Crippen LogP contribution in [0, 0.1) is 39.4 Å². The summed E-state index contributed by atoms with van der Waals surface area (Å²) in [7, 11) is 0. The molecule has 12 heteroatoms. The fourth-order valence-electron chi connectivity index (χ4n) is 10.0. The number of ether oxygens (including phenoxy) is 6. The average Bonchev–Trinajstić information content (AvgIpc) is 3.90. The lowest BCUT2D eigenvalue weighted by molar-refractivity contribution is -0.225. The minimum atomic E-state index is -0.662. The summed E-state index contributed by atoms with van der Waals surface area (Å²) in [4.78, 5) is 60.6. The van der Waals surface area contributed by atoms with Gasteiger partial charge < -0.3 is 33.5 Å². The monoisotopic (exact) mass is 833 g/mol. The topological polar surface area (TPSA) is 161 Å². The van der Waals surface area contributed by atoms with Gasteiger partial charge in [0.25, 0.3) is 0 Å². The van der Waals surface area contributed by atoms with Crippen LogP contribution in [-0.2, 0) is 52.4 Å². The van der Waals surface area contributed by atoms with Gasteiger partial charge in [-0.05, 0) is 165 Å². The van der Waals surface area contributed by atoms with E-state index in [1.54, 1.807) is 0 Å². The SMILES string of the molecule is CCC(C)(C)C(=O)OC1(C(C)OC(=O)C(C)(C)C)CCCC1.CCC(C)(C)C(=O)OC12CC3CC(CC(O)(C3)C1)C2.CCC(C)(C)C(=O)OC1C2CC3C(=O)OC1C3O2. The van der Waals surface area contributed by atoms with E-state index in [0.717, 1.165) is 64.2 Å². The van der Waals surface area contributed by atoms with Gasteiger partial charge in [0.15, 0.2) is 12.2 Å². The molecule has 5 aliphatic carbocycles. The van der Waals surface area contributed by atoms with Crippen LogP contribution in [-0.4, -0.2) is 82.3 Å². The highest BCUT2D eigenvalue weighted by Gasteiger charge is 2.65. The fourth-order valence-corrected chi connectivity index (χ4v) is 10.0. The zero-order valence-electron chi connectivity index (χ0n) is 38.5. The Bertz CT molecular complexity index is 1570. The minimum absolute atomic E-state index is 0.0828. The smallest absolute Gasteiger partial charge is 0.312 e. The molecule has 8 aliphatic rings. The second kappa shape index (κ2) is 16.9. The van der Waals surface area contributed by atoms with Gasteiger partial charge in [0.05, 0.1) is 39.3 Å². The van der Waals surface area contributed by atoms with Crippen LogP contribution in [0.3, 0.4) is 0 Å². The first-order valence-electron chi connectivity index (χ1n) is 22.6. The maximum Gasteiger partial charge on any atom is 0.312 e. The summed E-state index contributed by atoms with van der Waals surface area (Å²) in [5.41, 5.74) is -3.56. The van der Waals surface area contributed by atoms with Crippen LogP contribution in [0.4, 0.5) is 0 Å². The molecule has 3 saturated heterocycles. The molecule has 0 aromatic carbocycles. The summed E-state index contributed by atoms with van der Waals surface area (Å²) in [6.45, 7) is 24.7. The summed E-state index contributed by atoms with van der Waals surface area (Å²) >= 11 is 0. The minimum Gasteiger partial charge on any atom is -0.459 e. The number of hydrogen-bond donors (Lipinski definition) is 1. The molecule has 8 unspecified atom stereocenters. The van der Waals surface area contributed by atoms with Crippen molar-refractivity contribution in [3.8, 4) is 0 Å². The van der Waals surface area contributed by atoms with E-state index in [4.69, 9.17) is 28.4 Å². The Morgan fingerprint density at radius 3 is 1.73 bits per heavy atom. The number of esters is 5. The summed E-state index contributed by atoms with van der Waals surface area (Å²) in [6.07, 6.45) is 10.4. The maximum absolute atomic E-state index is 12.5. The lowest BCUT2D eigenvalue weighted by Crippen LogP contribution is -2.61. The zero-order chi connectivity index (χ0) is 44.1. The van der Waals surface area contributed by atoms with E-state index < -0.39 is 51.2 Å². The Morgan fingerprint density at radius 2 is 1.24 bits per heavy atom. The number of fused-ring (bicyclic) bond motifs is 1. The predicted molar refractivity (Wildman–Crippen MR) is 219 cm³/mol. The van der Waals surface area contributed by atoms with Gasteiger partial charge in [0.1, 0.15) is 23.4 Å². The highest BCUT2D eigenvalue weighted by atomic mass is 16.7. The lowest BCUT2D eigenvalue weighted by Gasteiger charge is -2.59. The van der Waals surface area contributed by atoms with E-state index >= 15 is 0 Å². The summed E-state index contributed by atoms with van der Waals surface area (Å²) in [6, 6.07) is 0. The van der Waals surface area contributed by atoms with E-state index in [2.05, 4.69) is 0 Å². The first-order valence-corrected chi connectivity index (χ1v) is 22.6. The van der Waals surface area contributed by atoms with Gasteiger partial charge >= 0.3 is 29.8 Å². The van der Waals surface area contributed by atoms with Crippen molar-refractivity contribution in [1.29, 1.82) is 0 Å². The number of rotatable bonds is 11. The van der Waals surface area contributed by atoms with Gasteiger partial charge in [-0.25, -0.2) is 0 Å². The molecule has 3 aliphatic heterocycles. The number of hydrogen-bond acceptors (Lipinski definition) is 12. The van der Waals surface area contributed by atoms with Crippen LogP contribution in [0.15, 0.2) is 0 Å². The van der Waals surface area contributed by atoms with Crippen molar-refractivity contribution < 1.29 is 57.5 Å². The van der Waals surface area contributed by atoms with Gasteiger partial charge in [0.2, 0.25) is 0 Å². The Morgan fingerprint density at radius 1 is 0.729 bits per heavy atom. The molecule has 8 atom stereocenters. The van der Waals surface area contributed by atoms with Crippen molar-refractivity contribution in [3.63, 3.8) is 0 Å². The molecule has 12 nitrogen and oxygen atoms in total. The molecule has 3 heterocycles. The van der Waals surface area contributed by atoms with Gasteiger partial charge in [-0.2, -0.15) is 0 Å². The second-order valence-corrected chi connectivity index (χ2v) is 22.2. The predicted octanol–water partition coefficient (Wildman–Crippen LogP) is 8.35. The van der Waals surface area contributed by atoms with E-state index in [0.29, 0.717) is 31.1 Å². The number of carbonyl (C=O) groups is 5. The Balaban J connectivity index is 0.000000169. The molecule has 8 rings (SSSR count). The highest BCUT2D eigenvalue weighted by molar-refractivity contribution is 5.79.